The average Bonchev–Trinajstić information content (AvgIpc) is 2.70. The quantitative estimate of drug-likeness (QED) is 0.120. The van der Waals surface area contributed by atoms with Gasteiger partial charge in [-0.3, -0.25) is 9.78 Å². The number of aromatic nitrogens is 1. The molecule has 2 atom stereocenters. The van der Waals surface area contributed by atoms with Gasteiger partial charge in [-0.15, -0.1) is 6.58 Å². The second-order valence-corrected chi connectivity index (χ2v) is 15.0. The number of rotatable bonds is 13. The summed E-state index contributed by atoms with van der Waals surface area (Å²) in [5.74, 6) is 0.421. The van der Waals surface area contributed by atoms with Crippen molar-refractivity contribution in [3.05, 3.63) is 29.0 Å². The van der Waals surface area contributed by atoms with Crippen molar-refractivity contribution in [2.24, 2.45) is 5.92 Å². The fourth-order valence-electron chi connectivity index (χ4n) is 2.91. The average molecular weight is 531 g/mol. The van der Waals surface area contributed by atoms with Crippen LogP contribution in [0.5, 0.6) is 11.5 Å². The first-order valence-corrected chi connectivity index (χ1v) is 14.9. The minimum Gasteiger partial charge on any atom is -0.491 e. The van der Waals surface area contributed by atoms with Gasteiger partial charge in [0.25, 0.3) is 0 Å². The van der Waals surface area contributed by atoms with E-state index in [2.05, 4.69) is 68.3 Å². The van der Waals surface area contributed by atoms with Gasteiger partial charge < -0.3 is 18.6 Å². The molecule has 0 amide bonds. The Balaban J connectivity index is 3.24. The van der Waals surface area contributed by atoms with E-state index in [9.17, 15) is 4.79 Å². The highest BCUT2D eigenvalue weighted by molar-refractivity contribution is 9.10. The molecule has 2 unspecified atom stereocenters. The van der Waals surface area contributed by atoms with Crippen molar-refractivity contribution in [3.8, 4) is 11.5 Å². The third-order valence-electron chi connectivity index (χ3n) is 5.90. The van der Waals surface area contributed by atoms with Crippen LogP contribution in [0.15, 0.2) is 23.3 Å². The third-order valence-corrected chi connectivity index (χ3v) is 11.0. The summed E-state index contributed by atoms with van der Waals surface area (Å²) < 4.78 is 24.4. The van der Waals surface area contributed by atoms with E-state index in [0.29, 0.717) is 41.3 Å². The van der Waals surface area contributed by atoms with Gasteiger partial charge in [0, 0.05) is 25.6 Å². The number of halogens is 1. The molecule has 1 heterocycles. The number of carbonyl (C=O) groups is 1. The van der Waals surface area contributed by atoms with Crippen LogP contribution in [-0.4, -0.2) is 39.6 Å². The van der Waals surface area contributed by atoms with E-state index >= 15 is 0 Å². The molecule has 6 nitrogen and oxygen atoms in total. The molecule has 0 bridgehead atoms. The second kappa shape index (κ2) is 12.7. The number of unbranched alkanes of at least 4 members (excludes halogenated alkanes) is 1. The van der Waals surface area contributed by atoms with Gasteiger partial charge in [0.2, 0.25) is 0 Å². The van der Waals surface area contributed by atoms with Gasteiger partial charge in [-0.05, 0) is 46.9 Å². The molecule has 0 radical (unpaired) electrons. The highest BCUT2D eigenvalue weighted by Crippen LogP contribution is 2.43. The molecule has 0 fully saturated rings. The first kappa shape index (κ1) is 28.6. The third kappa shape index (κ3) is 7.88. The first-order valence-electron chi connectivity index (χ1n) is 11.2. The van der Waals surface area contributed by atoms with Crippen molar-refractivity contribution in [3.63, 3.8) is 0 Å². The summed E-state index contributed by atoms with van der Waals surface area (Å²) >= 11 is 3.50. The number of nitrogens with zero attached hydrogens (tertiary/aromatic N) is 1. The summed E-state index contributed by atoms with van der Waals surface area (Å²) in [4.78, 5) is 16.5. The Bertz CT molecular complexity index is 763. The highest BCUT2D eigenvalue weighted by Gasteiger charge is 2.38. The van der Waals surface area contributed by atoms with Gasteiger partial charge >= 0.3 is 5.97 Å². The van der Waals surface area contributed by atoms with Gasteiger partial charge in [0.1, 0.15) is 5.69 Å². The molecular weight excluding hydrogens is 490 g/mol. The molecule has 0 aliphatic heterocycles. The number of hydrogen-bond donors (Lipinski definition) is 0. The van der Waals surface area contributed by atoms with Crippen LogP contribution >= 0.6 is 15.9 Å². The number of esters is 1. The van der Waals surface area contributed by atoms with E-state index in [1.54, 1.807) is 19.4 Å². The summed E-state index contributed by atoms with van der Waals surface area (Å²) in [6.07, 6.45) is 5.36. The lowest BCUT2D eigenvalue weighted by atomic mass is 9.95. The summed E-state index contributed by atoms with van der Waals surface area (Å²) in [6.45, 7) is 19.7. The molecule has 32 heavy (non-hydrogen) atoms. The lowest BCUT2D eigenvalue weighted by molar-refractivity contribution is -0.149. The predicted octanol–water partition coefficient (Wildman–Crippen LogP) is 6.85. The van der Waals surface area contributed by atoms with E-state index < -0.39 is 20.4 Å². The molecular formula is C24H40BrNO5Si. The zero-order valence-corrected chi connectivity index (χ0v) is 23.5. The van der Waals surface area contributed by atoms with Crippen LogP contribution in [0.4, 0.5) is 0 Å². The lowest BCUT2D eigenvalue weighted by Gasteiger charge is -2.36. The van der Waals surface area contributed by atoms with Crippen LogP contribution in [0.2, 0.25) is 18.1 Å². The predicted molar refractivity (Wildman–Crippen MR) is 135 cm³/mol. The number of pyridine rings is 1. The van der Waals surface area contributed by atoms with Crippen molar-refractivity contribution in [1.82, 2.24) is 4.98 Å². The van der Waals surface area contributed by atoms with Crippen molar-refractivity contribution in [1.29, 1.82) is 0 Å². The lowest BCUT2D eigenvalue weighted by Crippen LogP contribution is -2.41. The van der Waals surface area contributed by atoms with Crippen LogP contribution in [0.3, 0.4) is 0 Å². The van der Waals surface area contributed by atoms with Crippen LogP contribution in [0.25, 0.3) is 0 Å². The minimum atomic E-state index is -1.89. The molecule has 1 rings (SSSR count). The number of ether oxygens (including phenoxy) is 3. The molecule has 1 aromatic heterocycles. The molecule has 0 aliphatic carbocycles. The summed E-state index contributed by atoms with van der Waals surface area (Å²) in [7, 11) is -0.329. The fraction of sp³-hybridized carbons (Fsp3) is 0.667. The van der Waals surface area contributed by atoms with Gasteiger partial charge in [-0.2, -0.15) is 0 Å². The number of carbonyl (C=O) groups excluding carboxylic acids is 1. The van der Waals surface area contributed by atoms with Crippen molar-refractivity contribution in [2.75, 3.05) is 20.3 Å². The Labute approximate surface area is 203 Å². The SMILES string of the molecule is C=CC(CCO[Si](C)(C)C(C)(C)C)C(OC(C)=O)c1ncc(Br)c(OCCCC)c1OC. The topological polar surface area (TPSA) is 66.9 Å². The molecule has 8 heteroatoms. The zero-order valence-electron chi connectivity index (χ0n) is 20.9. The van der Waals surface area contributed by atoms with E-state index in [4.69, 9.17) is 18.6 Å². The molecule has 0 N–H and O–H groups in total. The highest BCUT2D eigenvalue weighted by atomic mass is 79.9. The first-order chi connectivity index (χ1) is 14.9. The molecule has 0 aliphatic rings. The monoisotopic (exact) mass is 529 g/mol. The van der Waals surface area contributed by atoms with E-state index in [1.807, 2.05) is 0 Å². The Morgan fingerprint density at radius 3 is 2.44 bits per heavy atom. The molecule has 0 aromatic carbocycles. The second-order valence-electron chi connectivity index (χ2n) is 9.38. The van der Waals surface area contributed by atoms with E-state index in [1.165, 1.54) is 6.92 Å². The Hall–Kier alpha value is -1.38. The summed E-state index contributed by atoms with van der Waals surface area (Å²) in [5, 5.41) is 0.118. The molecule has 0 saturated carbocycles. The zero-order chi connectivity index (χ0) is 24.5. The summed E-state index contributed by atoms with van der Waals surface area (Å²) in [6, 6.07) is 0. The Morgan fingerprint density at radius 1 is 1.28 bits per heavy atom. The fourth-order valence-corrected chi connectivity index (χ4v) is 4.36. The van der Waals surface area contributed by atoms with Crippen molar-refractivity contribution < 1.29 is 23.4 Å². The van der Waals surface area contributed by atoms with Crippen molar-refractivity contribution in [2.45, 2.75) is 78.1 Å². The normalized spacial score (nSPS) is 13.9. The standard InChI is InChI=1S/C24H40BrNO5Si/c1-10-12-14-29-22-19(25)16-26-20(23(22)28-7)21(31-17(3)27)18(11-2)13-15-30-32(8,9)24(4,5)6/h11,16,18,21H,2,10,12-15H2,1,3-9H3. The van der Waals surface area contributed by atoms with Gasteiger partial charge in [-0.1, -0.05) is 40.2 Å². The van der Waals surface area contributed by atoms with Gasteiger partial charge in [-0.25, -0.2) is 0 Å². The maximum Gasteiger partial charge on any atom is 0.303 e. The van der Waals surface area contributed by atoms with Gasteiger partial charge in [0.15, 0.2) is 25.9 Å². The van der Waals surface area contributed by atoms with Crippen LogP contribution < -0.4 is 9.47 Å². The minimum absolute atomic E-state index is 0.118. The Kier molecular flexibility index (Phi) is 11.4. The maximum atomic E-state index is 12.0. The molecule has 1 aromatic rings. The number of hydrogen-bond acceptors (Lipinski definition) is 6. The summed E-state index contributed by atoms with van der Waals surface area (Å²) in [5.41, 5.74) is 0.509. The van der Waals surface area contributed by atoms with E-state index in [-0.39, 0.29) is 11.0 Å². The Morgan fingerprint density at radius 2 is 1.94 bits per heavy atom. The van der Waals surface area contributed by atoms with Crippen LogP contribution in [0.1, 0.15) is 65.7 Å². The van der Waals surface area contributed by atoms with E-state index in [0.717, 1.165) is 12.8 Å². The maximum absolute atomic E-state index is 12.0. The molecule has 182 valence electrons. The van der Waals surface area contributed by atoms with Crippen LogP contribution in [0, 0.1) is 5.92 Å². The molecule has 0 saturated heterocycles. The largest absolute Gasteiger partial charge is 0.491 e. The molecule has 0 spiro atoms. The number of methoxy groups -OCH3 is 1. The smallest absolute Gasteiger partial charge is 0.303 e. The van der Waals surface area contributed by atoms with Crippen LogP contribution in [-0.2, 0) is 14.0 Å². The van der Waals surface area contributed by atoms with Gasteiger partial charge in [0.05, 0.1) is 18.2 Å². The van der Waals surface area contributed by atoms with Crippen molar-refractivity contribution >= 4 is 30.2 Å².